The number of hydrogen-bond acceptors (Lipinski definition) is 5. The van der Waals surface area contributed by atoms with E-state index in [1.54, 1.807) is 0 Å². The zero-order valence-corrected chi connectivity index (χ0v) is 8.53. The Hall–Kier alpha value is -1.76. The van der Waals surface area contributed by atoms with Crippen molar-refractivity contribution < 1.29 is 4.74 Å². The Labute approximate surface area is 86.4 Å². The number of aromatic amines is 1. The Morgan fingerprint density at radius 1 is 1.53 bits per heavy atom. The van der Waals surface area contributed by atoms with Gasteiger partial charge in [-0.3, -0.25) is 5.10 Å². The molecule has 0 spiro atoms. The summed E-state index contributed by atoms with van der Waals surface area (Å²) >= 11 is 0. The summed E-state index contributed by atoms with van der Waals surface area (Å²) in [5.41, 5.74) is 12.3. The summed E-state index contributed by atoms with van der Waals surface area (Å²) in [6, 6.07) is 0. The molecule has 0 atom stereocenters. The van der Waals surface area contributed by atoms with Crippen molar-refractivity contribution in [2.75, 3.05) is 18.9 Å². The van der Waals surface area contributed by atoms with Gasteiger partial charge in [0.2, 0.25) is 5.65 Å². The predicted molar refractivity (Wildman–Crippen MR) is 55.7 cm³/mol. The van der Waals surface area contributed by atoms with E-state index in [1.165, 1.54) is 4.63 Å². The molecule has 2 heterocycles. The van der Waals surface area contributed by atoms with Gasteiger partial charge in [0.25, 0.3) is 5.88 Å². The number of rotatable bonds is 4. The summed E-state index contributed by atoms with van der Waals surface area (Å²) < 4.78 is 6.74. The van der Waals surface area contributed by atoms with Gasteiger partial charge >= 0.3 is 0 Å². The van der Waals surface area contributed by atoms with Crippen LogP contribution in [0.25, 0.3) is 5.65 Å². The van der Waals surface area contributed by atoms with E-state index in [0.29, 0.717) is 36.8 Å². The molecule has 2 aromatic rings. The lowest BCUT2D eigenvalue weighted by Gasteiger charge is -1.97. The average Bonchev–Trinajstić information content (AvgIpc) is 2.70. The third-order valence-electron chi connectivity index (χ3n) is 2.00. The van der Waals surface area contributed by atoms with Crippen LogP contribution in [0.4, 0.5) is 5.69 Å². The molecule has 0 aliphatic carbocycles. The van der Waals surface area contributed by atoms with Crippen molar-refractivity contribution in [1.82, 2.24) is 19.8 Å². The van der Waals surface area contributed by atoms with Crippen LogP contribution in [0.2, 0.25) is 0 Å². The molecule has 7 heteroatoms. The summed E-state index contributed by atoms with van der Waals surface area (Å²) in [6.45, 7) is 2.94. The van der Waals surface area contributed by atoms with E-state index in [9.17, 15) is 0 Å². The molecule has 0 unspecified atom stereocenters. The summed E-state index contributed by atoms with van der Waals surface area (Å²) in [6.07, 6.45) is 0.673. The van der Waals surface area contributed by atoms with Gasteiger partial charge < -0.3 is 16.2 Å². The van der Waals surface area contributed by atoms with Crippen LogP contribution in [0, 0.1) is 0 Å². The van der Waals surface area contributed by atoms with Gasteiger partial charge in [0, 0.05) is 6.42 Å². The van der Waals surface area contributed by atoms with Gasteiger partial charge in [-0.2, -0.15) is 0 Å². The first-order valence-corrected chi connectivity index (χ1v) is 4.82. The Morgan fingerprint density at radius 3 is 2.93 bits per heavy atom. The Balaban J connectivity index is 2.39. The Morgan fingerprint density at radius 2 is 2.33 bits per heavy atom. The Bertz CT molecular complexity index is 459. The molecule has 7 nitrogen and oxygen atoms in total. The minimum Gasteiger partial charge on any atom is -0.475 e. The van der Waals surface area contributed by atoms with Gasteiger partial charge in [-0.05, 0) is 13.5 Å². The number of nitrogens with one attached hydrogen (secondary N) is 1. The Kier molecular flexibility index (Phi) is 2.46. The normalized spacial score (nSPS) is 11.1. The van der Waals surface area contributed by atoms with E-state index >= 15 is 0 Å². The molecule has 0 saturated carbocycles. The maximum atomic E-state index is 5.81. The first-order chi connectivity index (χ1) is 7.26. The molecule has 2 aromatic heterocycles. The highest BCUT2D eigenvalue weighted by molar-refractivity contribution is 5.70. The number of nitrogen functional groups attached to an aromatic ring is 1. The highest BCUT2D eigenvalue weighted by Crippen LogP contribution is 2.23. The minimum atomic E-state index is 0.413. The predicted octanol–water partition coefficient (Wildman–Crippen LogP) is -0.460. The molecular weight excluding hydrogens is 196 g/mol. The maximum absolute atomic E-state index is 5.81. The zero-order valence-electron chi connectivity index (χ0n) is 8.53. The van der Waals surface area contributed by atoms with Crippen LogP contribution in [0.3, 0.4) is 0 Å². The number of ether oxygens (including phenoxy) is 1. The summed E-state index contributed by atoms with van der Waals surface area (Å²) in [5.74, 6) is 1.19. The van der Waals surface area contributed by atoms with E-state index in [0.717, 1.165) is 5.82 Å². The van der Waals surface area contributed by atoms with Crippen molar-refractivity contribution in [1.29, 1.82) is 0 Å². The van der Waals surface area contributed by atoms with E-state index < -0.39 is 0 Å². The molecule has 2 rings (SSSR count). The van der Waals surface area contributed by atoms with Crippen LogP contribution in [-0.2, 0) is 6.42 Å². The number of anilines is 1. The summed E-state index contributed by atoms with van der Waals surface area (Å²) in [5, 5.41) is 7.09. The highest BCUT2D eigenvalue weighted by atomic mass is 16.5. The fourth-order valence-corrected chi connectivity index (χ4v) is 1.35. The molecule has 5 N–H and O–H groups in total. The smallest absolute Gasteiger partial charge is 0.260 e. The van der Waals surface area contributed by atoms with Crippen molar-refractivity contribution in [3.8, 4) is 5.88 Å². The molecule has 0 aliphatic rings. The van der Waals surface area contributed by atoms with Gasteiger partial charge in [-0.1, -0.05) is 0 Å². The van der Waals surface area contributed by atoms with Crippen molar-refractivity contribution >= 4 is 11.3 Å². The minimum absolute atomic E-state index is 0.413. The van der Waals surface area contributed by atoms with Crippen LogP contribution in [0.1, 0.15) is 12.7 Å². The number of nitrogens with two attached hydrogens (primary N) is 2. The lowest BCUT2D eigenvalue weighted by Crippen LogP contribution is -2.04. The number of nitrogens with zero attached hydrogens (tertiary/aromatic N) is 3. The van der Waals surface area contributed by atoms with Crippen molar-refractivity contribution in [2.24, 2.45) is 5.73 Å². The number of aromatic nitrogens is 4. The first kappa shape index (κ1) is 9.78. The number of H-pyrrole nitrogens is 1. The molecule has 15 heavy (non-hydrogen) atoms. The lowest BCUT2D eigenvalue weighted by atomic mass is 10.4. The third-order valence-corrected chi connectivity index (χ3v) is 2.00. The maximum Gasteiger partial charge on any atom is 0.260 e. The van der Waals surface area contributed by atoms with Crippen LogP contribution < -0.4 is 16.2 Å². The van der Waals surface area contributed by atoms with Crippen LogP contribution in [0.15, 0.2) is 0 Å². The van der Waals surface area contributed by atoms with Gasteiger partial charge in [-0.25, -0.2) is 4.98 Å². The second kappa shape index (κ2) is 3.77. The number of fused-ring (bicyclic) bond motifs is 1. The van der Waals surface area contributed by atoms with E-state index in [1.807, 2.05) is 6.92 Å². The molecular formula is C8H14N6O. The molecule has 0 fully saturated rings. The van der Waals surface area contributed by atoms with E-state index in [2.05, 4.69) is 15.2 Å². The van der Waals surface area contributed by atoms with E-state index in [4.69, 9.17) is 16.2 Å². The average molecular weight is 210 g/mol. The summed E-state index contributed by atoms with van der Waals surface area (Å²) in [7, 11) is 0. The van der Waals surface area contributed by atoms with Gasteiger partial charge in [0.15, 0.2) is 0 Å². The highest BCUT2D eigenvalue weighted by Gasteiger charge is 2.14. The lowest BCUT2D eigenvalue weighted by molar-refractivity contribution is 0.325. The van der Waals surface area contributed by atoms with Crippen molar-refractivity contribution in [3.05, 3.63) is 5.82 Å². The van der Waals surface area contributed by atoms with Gasteiger partial charge in [-0.15, -0.1) is 9.73 Å². The fourth-order valence-electron chi connectivity index (χ4n) is 1.35. The van der Waals surface area contributed by atoms with Gasteiger partial charge in [0.05, 0.1) is 6.61 Å². The molecule has 0 aliphatic heterocycles. The number of hydrogen-bond donors (Lipinski definition) is 3. The van der Waals surface area contributed by atoms with E-state index in [-0.39, 0.29) is 0 Å². The quantitative estimate of drug-likeness (QED) is 0.633. The molecule has 0 saturated heterocycles. The van der Waals surface area contributed by atoms with Crippen LogP contribution >= 0.6 is 0 Å². The van der Waals surface area contributed by atoms with Crippen LogP contribution in [0.5, 0.6) is 5.88 Å². The third kappa shape index (κ3) is 1.61. The monoisotopic (exact) mass is 210 g/mol. The fraction of sp³-hybridized carbons (Fsp3) is 0.500. The van der Waals surface area contributed by atoms with Crippen LogP contribution in [-0.4, -0.2) is 33.0 Å². The first-order valence-electron chi connectivity index (χ1n) is 4.82. The summed E-state index contributed by atoms with van der Waals surface area (Å²) in [4.78, 5) is 4.26. The molecule has 0 aromatic carbocycles. The molecule has 0 bridgehead atoms. The van der Waals surface area contributed by atoms with Crippen molar-refractivity contribution in [3.63, 3.8) is 0 Å². The molecule has 0 amide bonds. The second-order valence-corrected chi connectivity index (χ2v) is 3.10. The molecule has 0 radical (unpaired) electrons. The topological polar surface area (TPSA) is 107 Å². The largest absolute Gasteiger partial charge is 0.475 e. The molecule has 82 valence electrons. The van der Waals surface area contributed by atoms with Gasteiger partial charge in [0.1, 0.15) is 11.5 Å². The standard InChI is InChI=1S/C8H14N6O/c1-2-15-8-6(10)7-11-5(3-4-9)12-14(7)13-8/h2-4,9-10H2,1H3,(H,11,12). The zero-order chi connectivity index (χ0) is 10.8. The van der Waals surface area contributed by atoms with Crippen molar-refractivity contribution in [2.45, 2.75) is 13.3 Å². The SMILES string of the molecule is CCOc1nn2[nH]c(CCN)nc2c1N. The second-order valence-electron chi connectivity index (χ2n) is 3.10.